The molecule has 0 radical (unpaired) electrons. The molecule has 1 aromatic carbocycles. The molecule has 3 rings (SSSR count). The van der Waals surface area contributed by atoms with Gasteiger partial charge in [0.1, 0.15) is 5.00 Å². The first kappa shape index (κ1) is 20.2. The lowest BCUT2D eigenvalue weighted by Gasteiger charge is -2.12. The van der Waals surface area contributed by atoms with E-state index < -0.39 is 0 Å². The van der Waals surface area contributed by atoms with E-state index >= 15 is 0 Å². The van der Waals surface area contributed by atoms with E-state index in [-0.39, 0.29) is 30.7 Å². The summed E-state index contributed by atoms with van der Waals surface area (Å²) < 4.78 is 0. The van der Waals surface area contributed by atoms with Gasteiger partial charge in [0.2, 0.25) is 0 Å². The smallest absolute Gasteiger partial charge is 0.280 e. The molecule has 0 unspecified atom stereocenters. The van der Waals surface area contributed by atoms with Crippen LogP contribution in [-0.2, 0) is 22.4 Å². The normalized spacial score (nSPS) is 12.9. The van der Waals surface area contributed by atoms with Crippen LogP contribution in [0.3, 0.4) is 0 Å². The number of hydrogen-bond donors (Lipinski definition) is 3. The van der Waals surface area contributed by atoms with Crippen molar-refractivity contribution in [1.29, 1.82) is 0 Å². The van der Waals surface area contributed by atoms with Crippen molar-refractivity contribution < 1.29 is 19.7 Å². The minimum absolute atomic E-state index is 0.0379. The van der Waals surface area contributed by atoms with E-state index in [0.29, 0.717) is 16.1 Å². The summed E-state index contributed by atoms with van der Waals surface area (Å²) in [6.45, 7) is 2.32. The highest BCUT2D eigenvalue weighted by molar-refractivity contribution is 7.17. The van der Waals surface area contributed by atoms with E-state index in [1.807, 2.05) is 31.2 Å². The molecule has 4 N–H and O–H groups in total. The summed E-state index contributed by atoms with van der Waals surface area (Å²) >= 11 is 1.51. The number of nitrogens with two attached hydrogens (primary N) is 1. The molecule has 0 atom stereocenters. The van der Waals surface area contributed by atoms with Crippen molar-refractivity contribution in [3.8, 4) is 0 Å². The average Bonchev–Trinajstić information content (AvgIpc) is 3.05. The van der Waals surface area contributed by atoms with Gasteiger partial charge in [-0.3, -0.25) is 14.4 Å². The number of ketones is 1. The number of rotatable bonds is 7. The number of amides is 2. The number of anilines is 1. The van der Waals surface area contributed by atoms with Gasteiger partial charge in [0, 0.05) is 17.5 Å². The van der Waals surface area contributed by atoms with Gasteiger partial charge in [0.05, 0.1) is 5.56 Å². The number of benzene rings is 1. The molecule has 28 heavy (non-hydrogen) atoms. The maximum atomic E-state index is 13.2. The van der Waals surface area contributed by atoms with Crippen molar-refractivity contribution >= 4 is 33.9 Å². The summed E-state index contributed by atoms with van der Waals surface area (Å²) in [4.78, 5) is 38.1. The van der Waals surface area contributed by atoms with Gasteiger partial charge < -0.3 is 16.0 Å². The lowest BCUT2D eigenvalue weighted by atomic mass is 9.91. The Hall–Kier alpha value is -2.51. The van der Waals surface area contributed by atoms with Crippen LogP contribution in [-0.4, -0.2) is 37.7 Å². The molecule has 1 aliphatic rings. The molecule has 1 aromatic heterocycles. The summed E-state index contributed by atoms with van der Waals surface area (Å²) in [6, 6.07) is 7.54. The third-order valence-electron chi connectivity index (χ3n) is 4.90. The summed E-state index contributed by atoms with van der Waals surface area (Å²) in [7, 11) is 1.56. The second-order valence-electron chi connectivity index (χ2n) is 7.03. The van der Waals surface area contributed by atoms with Crippen LogP contribution in [0.4, 0.5) is 5.00 Å². The van der Waals surface area contributed by atoms with Gasteiger partial charge in [0.15, 0.2) is 18.9 Å². The molecule has 0 spiro atoms. The molecule has 0 aliphatic heterocycles. The van der Waals surface area contributed by atoms with Gasteiger partial charge in [-0.15, -0.1) is 11.3 Å². The maximum Gasteiger partial charge on any atom is 0.280 e. The standard InChI is InChI=1S/C21H25N3O3S/c1-13-7-9-14(10-8-13)20(27)19-15-5-3-4-6-16(15)28-21(19)24-18(26)12-23-11-17(25)22-2/h7-10,23H,3-6,11-12H2,1-2H3,(H,22,25)(H,24,26)/p+1. The monoisotopic (exact) mass is 400 g/mol. The summed E-state index contributed by atoms with van der Waals surface area (Å²) in [6.07, 6.45) is 3.99. The van der Waals surface area contributed by atoms with Crippen molar-refractivity contribution in [2.45, 2.75) is 32.6 Å². The zero-order chi connectivity index (χ0) is 20.1. The molecular weight excluding hydrogens is 374 g/mol. The number of carbonyl (C=O) groups is 3. The van der Waals surface area contributed by atoms with Crippen molar-refractivity contribution in [2.75, 3.05) is 25.5 Å². The number of carbonyl (C=O) groups excluding carboxylic acids is 3. The molecule has 1 heterocycles. The Kier molecular flexibility index (Phi) is 6.59. The largest absolute Gasteiger partial charge is 0.354 e. The van der Waals surface area contributed by atoms with Crippen LogP contribution in [0.25, 0.3) is 0 Å². The molecule has 0 saturated carbocycles. The number of thiophene rings is 1. The van der Waals surface area contributed by atoms with Gasteiger partial charge in [-0.1, -0.05) is 29.8 Å². The molecule has 2 amide bonds. The molecular formula is C21H26N3O3S+. The van der Waals surface area contributed by atoms with Crippen molar-refractivity contribution in [2.24, 2.45) is 0 Å². The number of nitrogens with one attached hydrogen (secondary N) is 2. The van der Waals surface area contributed by atoms with Crippen LogP contribution >= 0.6 is 11.3 Å². The second-order valence-corrected chi connectivity index (χ2v) is 8.13. The van der Waals surface area contributed by atoms with Crippen LogP contribution < -0.4 is 16.0 Å². The van der Waals surface area contributed by atoms with Gasteiger partial charge in [-0.05, 0) is 38.2 Å². The van der Waals surface area contributed by atoms with Gasteiger partial charge in [-0.25, -0.2) is 0 Å². The Balaban J connectivity index is 1.81. The Labute approximate surface area is 168 Å². The fourth-order valence-corrected chi connectivity index (χ4v) is 4.66. The van der Waals surface area contributed by atoms with Crippen LogP contribution in [0, 0.1) is 6.92 Å². The van der Waals surface area contributed by atoms with Crippen LogP contribution in [0.15, 0.2) is 24.3 Å². The molecule has 7 heteroatoms. The quantitative estimate of drug-likeness (QED) is 0.614. The SMILES string of the molecule is CNC(=O)C[NH2+]CC(=O)Nc1sc2c(c1C(=O)c1ccc(C)cc1)CCCC2. The summed E-state index contributed by atoms with van der Waals surface area (Å²) in [5.41, 5.74) is 3.47. The van der Waals surface area contributed by atoms with E-state index in [1.165, 1.54) is 16.2 Å². The van der Waals surface area contributed by atoms with Gasteiger partial charge >= 0.3 is 0 Å². The lowest BCUT2D eigenvalue weighted by Crippen LogP contribution is -2.88. The van der Waals surface area contributed by atoms with Gasteiger partial charge in [-0.2, -0.15) is 0 Å². The van der Waals surface area contributed by atoms with Gasteiger partial charge in [0.25, 0.3) is 11.8 Å². The number of quaternary nitrogens is 1. The summed E-state index contributed by atoms with van der Waals surface area (Å²) in [5.74, 6) is -0.376. The molecule has 6 nitrogen and oxygen atoms in total. The molecule has 0 fully saturated rings. The summed E-state index contributed by atoms with van der Waals surface area (Å²) in [5, 5.41) is 7.72. The fraction of sp³-hybridized carbons (Fsp3) is 0.381. The minimum atomic E-state index is -0.208. The first-order chi connectivity index (χ1) is 13.5. The fourth-order valence-electron chi connectivity index (χ4n) is 3.36. The van der Waals surface area contributed by atoms with E-state index in [0.717, 1.165) is 36.8 Å². The maximum absolute atomic E-state index is 13.2. The van der Waals surface area contributed by atoms with E-state index in [4.69, 9.17) is 0 Å². The Morgan fingerprint density at radius 3 is 2.43 bits per heavy atom. The highest BCUT2D eigenvalue weighted by atomic mass is 32.1. The second kappa shape index (κ2) is 9.12. The Morgan fingerprint density at radius 2 is 1.71 bits per heavy atom. The van der Waals surface area contributed by atoms with Crippen molar-refractivity contribution in [3.63, 3.8) is 0 Å². The van der Waals surface area contributed by atoms with E-state index in [2.05, 4.69) is 10.6 Å². The number of hydrogen-bond acceptors (Lipinski definition) is 4. The van der Waals surface area contributed by atoms with E-state index in [9.17, 15) is 14.4 Å². The van der Waals surface area contributed by atoms with Crippen LogP contribution in [0.5, 0.6) is 0 Å². The zero-order valence-corrected chi connectivity index (χ0v) is 17.1. The topological polar surface area (TPSA) is 91.9 Å². The zero-order valence-electron chi connectivity index (χ0n) is 16.3. The molecule has 148 valence electrons. The molecule has 2 aromatic rings. The predicted molar refractivity (Wildman–Crippen MR) is 110 cm³/mol. The van der Waals surface area contributed by atoms with Crippen molar-refractivity contribution in [1.82, 2.24) is 5.32 Å². The minimum Gasteiger partial charge on any atom is -0.354 e. The highest BCUT2D eigenvalue weighted by Gasteiger charge is 2.27. The van der Waals surface area contributed by atoms with Crippen LogP contribution in [0.2, 0.25) is 0 Å². The van der Waals surface area contributed by atoms with Crippen LogP contribution in [0.1, 0.15) is 44.8 Å². The Bertz CT molecular complexity index is 887. The highest BCUT2D eigenvalue weighted by Crippen LogP contribution is 2.39. The Morgan fingerprint density at radius 1 is 1.04 bits per heavy atom. The molecule has 1 aliphatic carbocycles. The van der Waals surface area contributed by atoms with E-state index in [1.54, 1.807) is 12.4 Å². The third kappa shape index (κ3) is 4.66. The average molecular weight is 401 g/mol. The number of aryl methyl sites for hydroxylation is 2. The first-order valence-electron chi connectivity index (χ1n) is 9.57. The molecule has 0 saturated heterocycles. The molecule has 0 bridgehead atoms. The number of fused-ring (bicyclic) bond motifs is 1. The lowest BCUT2D eigenvalue weighted by molar-refractivity contribution is -0.632. The third-order valence-corrected chi connectivity index (χ3v) is 6.11. The predicted octanol–water partition coefficient (Wildman–Crippen LogP) is 1.41. The first-order valence-corrected chi connectivity index (χ1v) is 10.4. The number of likely N-dealkylation sites (N-methyl/N-ethyl adjacent to an activating group) is 1. The van der Waals surface area contributed by atoms with Crippen molar-refractivity contribution in [3.05, 3.63) is 51.4 Å².